The molecule has 1 amide bonds. The number of halogens is 1. The average Bonchev–Trinajstić information content (AvgIpc) is 2.66. The van der Waals surface area contributed by atoms with Gasteiger partial charge in [-0.3, -0.25) is 9.78 Å². The number of amides is 1. The van der Waals surface area contributed by atoms with Gasteiger partial charge in [-0.2, -0.15) is 0 Å². The minimum atomic E-state index is -0.0961. The van der Waals surface area contributed by atoms with E-state index in [2.05, 4.69) is 27.8 Å². The Morgan fingerprint density at radius 2 is 1.93 bits per heavy atom. The van der Waals surface area contributed by atoms with Crippen molar-refractivity contribution in [3.05, 3.63) is 83.5 Å². The van der Waals surface area contributed by atoms with E-state index in [0.29, 0.717) is 5.02 Å². The van der Waals surface area contributed by atoms with Gasteiger partial charge in [0.05, 0.1) is 5.52 Å². The highest BCUT2D eigenvalue weighted by Crippen LogP contribution is 2.25. The molecule has 0 fully saturated rings. The Kier molecular flexibility index (Phi) is 6.66. The van der Waals surface area contributed by atoms with Crippen molar-refractivity contribution >= 4 is 34.1 Å². The van der Waals surface area contributed by atoms with Crippen molar-refractivity contribution in [2.75, 3.05) is 5.32 Å². The van der Waals surface area contributed by atoms with Gasteiger partial charge in [0.15, 0.2) is 0 Å². The largest absolute Gasteiger partial charge is 0.378 e. The van der Waals surface area contributed by atoms with E-state index in [1.165, 1.54) is 5.56 Å². The van der Waals surface area contributed by atoms with Crippen LogP contribution in [0.25, 0.3) is 10.9 Å². The summed E-state index contributed by atoms with van der Waals surface area (Å²) in [6, 6.07) is 17.9. The van der Waals surface area contributed by atoms with Crippen LogP contribution in [0, 0.1) is 0 Å². The van der Waals surface area contributed by atoms with Crippen molar-refractivity contribution in [1.29, 1.82) is 0 Å². The Balaban J connectivity index is 1.86. The first-order valence-corrected chi connectivity index (χ1v) is 9.72. The Bertz CT molecular complexity index is 970. The highest BCUT2D eigenvalue weighted by atomic mass is 35.5. The van der Waals surface area contributed by atoms with E-state index in [1.807, 2.05) is 62.4 Å². The molecule has 0 aliphatic heterocycles. The molecule has 2 N–H and O–H groups in total. The second kappa shape index (κ2) is 9.38. The minimum Gasteiger partial charge on any atom is -0.378 e. The average molecular weight is 394 g/mol. The molecule has 1 unspecified atom stereocenters. The molecule has 0 saturated heterocycles. The molecule has 4 nitrogen and oxygen atoms in total. The van der Waals surface area contributed by atoms with Crippen LogP contribution in [-0.4, -0.2) is 23.0 Å². The zero-order valence-electron chi connectivity index (χ0n) is 16.0. The Hall–Kier alpha value is -2.85. The summed E-state index contributed by atoms with van der Waals surface area (Å²) >= 11 is 6.09. The third-order valence-corrected chi connectivity index (χ3v) is 4.49. The molecule has 0 aliphatic rings. The fourth-order valence-corrected chi connectivity index (χ4v) is 3.18. The van der Waals surface area contributed by atoms with Gasteiger partial charge in [-0.05, 0) is 50.1 Å². The van der Waals surface area contributed by atoms with Crippen LogP contribution in [0.15, 0.2) is 72.9 Å². The van der Waals surface area contributed by atoms with Crippen molar-refractivity contribution < 1.29 is 4.79 Å². The molecule has 0 saturated carbocycles. The lowest BCUT2D eigenvalue weighted by Gasteiger charge is -2.18. The SMILES string of the molecule is CC(C)NC(=O)/C=C/C(Cc1ccccc1)Nc1ccnc2cc(Cl)ccc12. The molecule has 28 heavy (non-hydrogen) atoms. The van der Waals surface area contributed by atoms with Crippen molar-refractivity contribution in [1.82, 2.24) is 10.3 Å². The molecule has 3 aromatic rings. The van der Waals surface area contributed by atoms with E-state index in [-0.39, 0.29) is 18.0 Å². The van der Waals surface area contributed by atoms with Gasteiger partial charge in [-0.1, -0.05) is 48.0 Å². The third kappa shape index (κ3) is 5.57. The highest BCUT2D eigenvalue weighted by molar-refractivity contribution is 6.31. The molecule has 3 rings (SSSR count). The number of nitrogens with zero attached hydrogens (tertiary/aromatic N) is 1. The Labute approximate surface area is 170 Å². The van der Waals surface area contributed by atoms with E-state index in [4.69, 9.17) is 11.6 Å². The minimum absolute atomic E-state index is 0.0541. The topological polar surface area (TPSA) is 54.0 Å². The molecular weight excluding hydrogens is 370 g/mol. The molecule has 5 heteroatoms. The number of hydrogen-bond donors (Lipinski definition) is 2. The Morgan fingerprint density at radius 3 is 2.68 bits per heavy atom. The summed E-state index contributed by atoms with van der Waals surface area (Å²) < 4.78 is 0. The number of anilines is 1. The summed E-state index contributed by atoms with van der Waals surface area (Å²) in [7, 11) is 0. The number of aromatic nitrogens is 1. The number of benzene rings is 2. The highest BCUT2D eigenvalue weighted by Gasteiger charge is 2.10. The second-order valence-electron chi connectivity index (χ2n) is 6.98. The monoisotopic (exact) mass is 393 g/mol. The van der Waals surface area contributed by atoms with Gasteiger partial charge >= 0.3 is 0 Å². The number of fused-ring (bicyclic) bond motifs is 1. The predicted octanol–water partition coefficient (Wildman–Crippen LogP) is 4.99. The molecule has 0 radical (unpaired) electrons. The molecule has 0 spiro atoms. The first kappa shape index (κ1) is 19.9. The van der Waals surface area contributed by atoms with Crippen molar-refractivity contribution in [3.8, 4) is 0 Å². The van der Waals surface area contributed by atoms with Gasteiger partial charge in [-0.25, -0.2) is 0 Å². The van der Waals surface area contributed by atoms with E-state index in [0.717, 1.165) is 23.0 Å². The van der Waals surface area contributed by atoms with Crippen LogP contribution in [0.5, 0.6) is 0 Å². The van der Waals surface area contributed by atoms with Gasteiger partial charge in [0.25, 0.3) is 0 Å². The summed E-state index contributed by atoms with van der Waals surface area (Å²) in [6.45, 7) is 3.89. The molecule has 1 aromatic heterocycles. The molecule has 1 heterocycles. The van der Waals surface area contributed by atoms with Gasteiger partial charge in [-0.15, -0.1) is 0 Å². The van der Waals surface area contributed by atoms with E-state index in [1.54, 1.807) is 12.3 Å². The van der Waals surface area contributed by atoms with Crippen LogP contribution in [0.1, 0.15) is 19.4 Å². The fraction of sp³-hybridized carbons (Fsp3) is 0.217. The molecule has 2 aromatic carbocycles. The Morgan fingerprint density at radius 1 is 1.14 bits per heavy atom. The van der Waals surface area contributed by atoms with Crippen LogP contribution in [0.2, 0.25) is 5.02 Å². The zero-order chi connectivity index (χ0) is 19.9. The van der Waals surface area contributed by atoms with Gasteiger partial charge in [0.1, 0.15) is 0 Å². The molecule has 0 aliphatic carbocycles. The molecule has 144 valence electrons. The molecule has 1 atom stereocenters. The summed E-state index contributed by atoms with van der Waals surface area (Å²) in [5.41, 5.74) is 2.98. The van der Waals surface area contributed by atoms with E-state index < -0.39 is 0 Å². The van der Waals surface area contributed by atoms with Crippen LogP contribution in [-0.2, 0) is 11.2 Å². The normalized spacial score (nSPS) is 12.4. The van der Waals surface area contributed by atoms with Crippen LogP contribution < -0.4 is 10.6 Å². The van der Waals surface area contributed by atoms with Gasteiger partial charge in [0, 0.05) is 40.5 Å². The van der Waals surface area contributed by atoms with Gasteiger partial charge in [0.2, 0.25) is 5.91 Å². The second-order valence-corrected chi connectivity index (χ2v) is 7.42. The molecular formula is C23H24ClN3O. The van der Waals surface area contributed by atoms with Crippen LogP contribution >= 0.6 is 11.6 Å². The lowest BCUT2D eigenvalue weighted by Crippen LogP contribution is -2.29. The van der Waals surface area contributed by atoms with E-state index in [9.17, 15) is 4.79 Å². The number of pyridine rings is 1. The summed E-state index contributed by atoms with van der Waals surface area (Å²) in [6.07, 6.45) is 6.02. The van der Waals surface area contributed by atoms with Crippen molar-refractivity contribution in [2.24, 2.45) is 0 Å². The maximum absolute atomic E-state index is 12.1. The lowest BCUT2D eigenvalue weighted by molar-refractivity contribution is -0.116. The predicted molar refractivity (Wildman–Crippen MR) is 117 cm³/mol. The van der Waals surface area contributed by atoms with Crippen molar-refractivity contribution in [2.45, 2.75) is 32.4 Å². The van der Waals surface area contributed by atoms with Gasteiger partial charge < -0.3 is 10.6 Å². The summed E-state index contributed by atoms with van der Waals surface area (Å²) in [4.78, 5) is 16.5. The third-order valence-electron chi connectivity index (χ3n) is 4.25. The molecule has 0 bridgehead atoms. The number of carbonyl (C=O) groups excluding carboxylic acids is 1. The van der Waals surface area contributed by atoms with Crippen LogP contribution in [0.3, 0.4) is 0 Å². The number of nitrogens with one attached hydrogen (secondary N) is 2. The van der Waals surface area contributed by atoms with Crippen LogP contribution in [0.4, 0.5) is 5.69 Å². The number of carbonyl (C=O) groups is 1. The number of rotatable bonds is 7. The fourth-order valence-electron chi connectivity index (χ4n) is 3.02. The number of hydrogen-bond acceptors (Lipinski definition) is 3. The zero-order valence-corrected chi connectivity index (χ0v) is 16.8. The first-order chi connectivity index (χ1) is 13.5. The maximum atomic E-state index is 12.1. The van der Waals surface area contributed by atoms with E-state index >= 15 is 0 Å². The summed E-state index contributed by atoms with van der Waals surface area (Å²) in [5, 5.41) is 8.08. The quantitative estimate of drug-likeness (QED) is 0.556. The lowest BCUT2D eigenvalue weighted by atomic mass is 10.0. The first-order valence-electron chi connectivity index (χ1n) is 9.34. The smallest absolute Gasteiger partial charge is 0.243 e. The maximum Gasteiger partial charge on any atom is 0.243 e. The standard InChI is InChI=1S/C23H24ClN3O/c1-16(2)26-23(28)11-9-19(14-17-6-4-3-5-7-17)27-21-12-13-25-22-15-18(24)8-10-20(21)22/h3-13,15-16,19H,14H2,1-2H3,(H,25,27)(H,26,28)/b11-9+. The summed E-state index contributed by atoms with van der Waals surface area (Å²) in [5.74, 6) is -0.0961. The van der Waals surface area contributed by atoms with Crippen molar-refractivity contribution in [3.63, 3.8) is 0 Å².